The molecule has 102 valence electrons. The summed E-state index contributed by atoms with van der Waals surface area (Å²) in [5, 5.41) is 3.67. The van der Waals surface area contributed by atoms with E-state index in [4.69, 9.17) is 4.74 Å². The molecular formula is C14H30N2O. The Labute approximate surface area is 107 Å². The van der Waals surface area contributed by atoms with E-state index in [1.807, 2.05) is 7.11 Å². The summed E-state index contributed by atoms with van der Waals surface area (Å²) in [6.45, 7) is 11.3. The number of methoxy groups -OCH3 is 1. The fourth-order valence-corrected chi connectivity index (χ4v) is 2.82. The monoisotopic (exact) mass is 242 g/mol. The van der Waals surface area contributed by atoms with Gasteiger partial charge in [-0.2, -0.15) is 0 Å². The largest absolute Gasteiger partial charge is 0.383 e. The summed E-state index contributed by atoms with van der Waals surface area (Å²) in [5.74, 6) is 0.751. The average Bonchev–Trinajstić information content (AvgIpc) is 2.34. The van der Waals surface area contributed by atoms with Crippen LogP contribution in [0.4, 0.5) is 0 Å². The van der Waals surface area contributed by atoms with Gasteiger partial charge in [0.1, 0.15) is 0 Å². The average molecular weight is 242 g/mol. The van der Waals surface area contributed by atoms with Crippen molar-refractivity contribution >= 4 is 0 Å². The molecule has 1 aliphatic rings. The van der Waals surface area contributed by atoms with Crippen LogP contribution in [0.1, 0.15) is 40.0 Å². The third-order valence-corrected chi connectivity index (χ3v) is 3.94. The van der Waals surface area contributed by atoms with Gasteiger partial charge in [-0.05, 0) is 31.7 Å². The molecule has 0 aromatic rings. The second kappa shape index (κ2) is 8.06. The molecule has 0 radical (unpaired) electrons. The Morgan fingerprint density at radius 3 is 2.71 bits per heavy atom. The number of piperidine rings is 1. The number of hydrogen-bond acceptors (Lipinski definition) is 3. The number of rotatable bonds is 7. The molecule has 0 amide bonds. The van der Waals surface area contributed by atoms with Crippen LogP contribution in [0.3, 0.4) is 0 Å². The van der Waals surface area contributed by atoms with Crippen LogP contribution in [-0.4, -0.2) is 50.3 Å². The van der Waals surface area contributed by atoms with Crippen molar-refractivity contribution in [1.29, 1.82) is 0 Å². The number of nitrogens with one attached hydrogen (secondary N) is 1. The van der Waals surface area contributed by atoms with Gasteiger partial charge in [0, 0.05) is 32.3 Å². The van der Waals surface area contributed by atoms with Crippen LogP contribution >= 0.6 is 0 Å². The van der Waals surface area contributed by atoms with Crippen LogP contribution < -0.4 is 5.32 Å². The Kier molecular flexibility index (Phi) is 7.09. The maximum Gasteiger partial charge on any atom is 0.0617 e. The number of nitrogens with zero attached hydrogens (tertiary/aromatic N) is 1. The zero-order chi connectivity index (χ0) is 12.7. The summed E-state index contributed by atoms with van der Waals surface area (Å²) < 4.78 is 5.32. The summed E-state index contributed by atoms with van der Waals surface area (Å²) >= 11 is 0. The minimum Gasteiger partial charge on any atom is -0.383 e. The molecule has 0 aromatic heterocycles. The highest BCUT2D eigenvalue weighted by atomic mass is 16.5. The van der Waals surface area contributed by atoms with E-state index in [0.29, 0.717) is 12.1 Å². The predicted molar refractivity (Wildman–Crippen MR) is 73.4 cm³/mol. The molecule has 1 heterocycles. The van der Waals surface area contributed by atoms with Gasteiger partial charge in [0.25, 0.3) is 0 Å². The second-order valence-corrected chi connectivity index (χ2v) is 5.34. The highest BCUT2D eigenvalue weighted by Gasteiger charge is 2.28. The Morgan fingerprint density at radius 1 is 1.41 bits per heavy atom. The molecule has 1 N–H and O–H groups in total. The van der Waals surface area contributed by atoms with E-state index in [2.05, 4.69) is 31.0 Å². The van der Waals surface area contributed by atoms with Gasteiger partial charge in [-0.1, -0.05) is 20.8 Å². The van der Waals surface area contributed by atoms with E-state index in [0.717, 1.165) is 19.1 Å². The lowest BCUT2D eigenvalue weighted by Crippen LogP contribution is -2.52. The lowest BCUT2D eigenvalue weighted by Gasteiger charge is -2.41. The van der Waals surface area contributed by atoms with Crippen molar-refractivity contribution in [2.75, 3.05) is 33.4 Å². The molecule has 0 bridgehead atoms. The third-order valence-electron chi connectivity index (χ3n) is 3.94. The zero-order valence-corrected chi connectivity index (χ0v) is 12.0. The first-order valence-corrected chi connectivity index (χ1v) is 7.19. The van der Waals surface area contributed by atoms with Crippen molar-refractivity contribution in [3.05, 3.63) is 0 Å². The highest BCUT2D eigenvalue weighted by Crippen LogP contribution is 2.20. The van der Waals surface area contributed by atoms with Gasteiger partial charge in [0.2, 0.25) is 0 Å². The molecule has 17 heavy (non-hydrogen) atoms. The van der Waals surface area contributed by atoms with Crippen molar-refractivity contribution in [1.82, 2.24) is 10.2 Å². The molecule has 3 unspecified atom stereocenters. The molecule has 3 atom stereocenters. The fourth-order valence-electron chi connectivity index (χ4n) is 2.82. The second-order valence-electron chi connectivity index (χ2n) is 5.34. The highest BCUT2D eigenvalue weighted by molar-refractivity contribution is 4.85. The van der Waals surface area contributed by atoms with E-state index in [1.54, 1.807) is 0 Å². The van der Waals surface area contributed by atoms with E-state index in [1.165, 1.54) is 32.4 Å². The number of ether oxygens (including phenoxy) is 1. The SMILES string of the molecule is CCCNC1CCN(C(CC)COC)CC1C. The fraction of sp³-hybridized carbons (Fsp3) is 1.00. The Bertz CT molecular complexity index is 199. The van der Waals surface area contributed by atoms with Crippen molar-refractivity contribution in [2.24, 2.45) is 5.92 Å². The third kappa shape index (κ3) is 4.57. The first-order chi connectivity index (χ1) is 8.22. The Hall–Kier alpha value is -0.120. The normalized spacial score (nSPS) is 28.2. The smallest absolute Gasteiger partial charge is 0.0617 e. The van der Waals surface area contributed by atoms with Crippen LogP contribution in [0.5, 0.6) is 0 Å². The van der Waals surface area contributed by atoms with Gasteiger partial charge in [-0.25, -0.2) is 0 Å². The van der Waals surface area contributed by atoms with E-state index in [9.17, 15) is 0 Å². The molecule has 0 spiro atoms. The topological polar surface area (TPSA) is 24.5 Å². The molecule has 1 aliphatic heterocycles. The van der Waals surface area contributed by atoms with E-state index >= 15 is 0 Å². The molecule has 1 rings (SSSR count). The minimum atomic E-state index is 0.606. The van der Waals surface area contributed by atoms with Gasteiger partial charge in [0.15, 0.2) is 0 Å². The number of likely N-dealkylation sites (tertiary alicyclic amines) is 1. The van der Waals surface area contributed by atoms with Crippen LogP contribution in [0, 0.1) is 5.92 Å². The van der Waals surface area contributed by atoms with Gasteiger partial charge in [-0.15, -0.1) is 0 Å². The standard InChI is InChI=1S/C14H30N2O/c1-5-8-15-14-7-9-16(10-12(14)3)13(6-2)11-17-4/h12-15H,5-11H2,1-4H3. The molecule has 3 nitrogen and oxygen atoms in total. The van der Waals surface area contributed by atoms with Crippen LogP contribution in [0.25, 0.3) is 0 Å². The van der Waals surface area contributed by atoms with Gasteiger partial charge < -0.3 is 10.1 Å². The molecule has 1 fully saturated rings. The first kappa shape index (κ1) is 14.9. The molecule has 1 saturated heterocycles. The van der Waals surface area contributed by atoms with Crippen molar-refractivity contribution < 1.29 is 4.74 Å². The zero-order valence-electron chi connectivity index (χ0n) is 12.0. The van der Waals surface area contributed by atoms with Crippen LogP contribution in [0.15, 0.2) is 0 Å². The van der Waals surface area contributed by atoms with Crippen LogP contribution in [0.2, 0.25) is 0 Å². The molecule has 0 aliphatic carbocycles. The molecule has 0 saturated carbocycles. The summed E-state index contributed by atoms with van der Waals surface area (Å²) in [4.78, 5) is 2.61. The number of hydrogen-bond donors (Lipinski definition) is 1. The summed E-state index contributed by atoms with van der Waals surface area (Å²) in [6, 6.07) is 1.32. The van der Waals surface area contributed by atoms with Crippen molar-refractivity contribution in [3.63, 3.8) is 0 Å². The maximum atomic E-state index is 5.32. The van der Waals surface area contributed by atoms with Crippen molar-refractivity contribution in [2.45, 2.75) is 52.1 Å². The lowest BCUT2D eigenvalue weighted by atomic mass is 9.92. The van der Waals surface area contributed by atoms with E-state index in [-0.39, 0.29) is 0 Å². The lowest BCUT2D eigenvalue weighted by molar-refractivity contribution is 0.0492. The van der Waals surface area contributed by atoms with Gasteiger partial charge >= 0.3 is 0 Å². The summed E-state index contributed by atoms with van der Waals surface area (Å²) in [6.07, 6.45) is 3.70. The van der Waals surface area contributed by atoms with Gasteiger partial charge in [0.05, 0.1) is 6.61 Å². The quantitative estimate of drug-likeness (QED) is 0.740. The van der Waals surface area contributed by atoms with Gasteiger partial charge in [-0.3, -0.25) is 4.90 Å². The summed E-state index contributed by atoms with van der Waals surface area (Å²) in [5.41, 5.74) is 0. The molecule has 0 aromatic carbocycles. The van der Waals surface area contributed by atoms with E-state index < -0.39 is 0 Å². The minimum absolute atomic E-state index is 0.606. The Balaban J connectivity index is 2.39. The predicted octanol–water partition coefficient (Wildman–Crippen LogP) is 2.12. The van der Waals surface area contributed by atoms with Crippen molar-refractivity contribution in [3.8, 4) is 0 Å². The summed E-state index contributed by atoms with van der Waals surface area (Å²) in [7, 11) is 1.81. The first-order valence-electron chi connectivity index (χ1n) is 7.19. The molecule has 3 heteroatoms. The van der Waals surface area contributed by atoms with Crippen LogP contribution in [-0.2, 0) is 4.74 Å². The maximum absolute atomic E-state index is 5.32. The molecular weight excluding hydrogens is 212 g/mol. The Morgan fingerprint density at radius 2 is 2.18 bits per heavy atom.